The minimum atomic E-state index is -1.79. The van der Waals surface area contributed by atoms with E-state index in [0.717, 1.165) is 0 Å². The predicted octanol–water partition coefficient (Wildman–Crippen LogP) is -8.64. The Morgan fingerprint density at radius 3 is 1.14 bits per heavy atom. The average Bonchev–Trinajstić information content (AvgIpc) is 1.07. The fraction of sp³-hybridized carbons (Fsp3) is 1.00. The van der Waals surface area contributed by atoms with Crippen LogP contribution in [0.4, 0.5) is 0 Å². The Bertz CT molecular complexity index is 2000. The molecule has 19 unspecified atom stereocenters. The minimum Gasteiger partial charge on any atom is -0.396 e. The monoisotopic (exact) mass is 1330 g/mol. The number of ether oxygens (including phenoxy) is 14. The van der Waals surface area contributed by atoms with Crippen LogP contribution in [0.2, 0.25) is 0 Å². The second-order valence-corrected chi connectivity index (χ2v) is 25.6. The van der Waals surface area contributed by atoms with Gasteiger partial charge in [-0.05, 0) is 18.8 Å². The highest BCUT2D eigenvalue weighted by Crippen LogP contribution is 2.38. The van der Waals surface area contributed by atoms with E-state index in [2.05, 4.69) is 0 Å². The Morgan fingerprint density at radius 1 is 0.286 bits per heavy atom. The Kier molecular flexibility index (Phi) is 31.9. The summed E-state index contributed by atoms with van der Waals surface area (Å²) in [5.41, 5.74) is 0. The van der Waals surface area contributed by atoms with Crippen LogP contribution in [0.25, 0.3) is 0 Å². The molecule has 91 heavy (non-hydrogen) atoms. The fourth-order valence-electron chi connectivity index (χ4n) is 14.2. The molecule has 0 amide bonds. The molecule has 534 valence electrons. The van der Waals surface area contributed by atoms with Gasteiger partial charge in [-0.2, -0.15) is 0 Å². The van der Waals surface area contributed by atoms with Crippen molar-refractivity contribution >= 4 is 0 Å². The summed E-state index contributed by atoms with van der Waals surface area (Å²) in [6.07, 6.45) is -27.9. The number of hydrogen-bond acceptors (Lipinski definition) is 32. The van der Waals surface area contributed by atoms with Gasteiger partial charge in [-0.1, -0.05) is 6.92 Å². The largest absolute Gasteiger partial charge is 0.396 e. The summed E-state index contributed by atoms with van der Waals surface area (Å²) in [6, 6.07) is 0. The van der Waals surface area contributed by atoms with Gasteiger partial charge >= 0.3 is 0 Å². The molecule has 0 spiro atoms. The molecule has 0 aromatic rings. The van der Waals surface area contributed by atoms with Gasteiger partial charge in [0.15, 0.2) is 6.29 Å². The zero-order chi connectivity index (χ0) is 66.2. The van der Waals surface area contributed by atoms with Crippen molar-refractivity contribution in [1.82, 2.24) is 0 Å². The SMILES string of the molecule is CC[C@@H]1C(CO)O[C@H](COC[C@H]2C(O)C[C@@H](COC[C@@H]3C(CO[C@H]4OC(CO)[C@@H](COC[C@H]5OC(CO)[C@@H](COC)C(O)C5O)C(O)C4O)O[C@H](COC[C@@H]4C(CO)C[C@H](COC[C@H]5C(O)C[C@@H](COC)OC5CO)C(O)C4O)C(O)C3O)OC2CO)C(O)C1O. The third-order valence-electron chi connectivity index (χ3n) is 19.8. The molecule has 0 aromatic heterocycles. The standard InChI is InChI=1S/C59H106O32/c1-4-31-40(9-61)88-46(55(74)50(31)69)23-83-20-34-39(67)7-30(87-42(34)11-63)16-81-22-37-45(26-85-59-58(77)54(73)36(44(13-65)91-59)21-84-24-47-56(75)52(71)35(17-79-3)43(12-64)89-47)90-48(57(76)53(37)72)25-82-18-32-27(8-60)5-28(49(68)51(32)70)14-80-19-33-38(66)6-29(15-78-2)86-41(33)10-62/h27-77H,4-26H2,1-3H3/t27?,28-,29+,30+,31-,32-,33+,34+,35-,36-,37-,38?,39?,40?,41?,42?,43?,44?,45?,46-,47-,48-,49?,50?,51?,52?,53?,54?,55?,56?,57?,58?,59+/m1/s1. The Balaban J connectivity index is 0.959. The summed E-state index contributed by atoms with van der Waals surface area (Å²) in [6.45, 7) is -3.76. The maximum atomic E-state index is 11.8. The normalized spacial score (nSPS) is 45.9. The quantitative estimate of drug-likeness (QED) is 0.0284. The maximum Gasteiger partial charge on any atom is 0.186 e. The summed E-state index contributed by atoms with van der Waals surface area (Å²) in [5, 5.41) is 195. The van der Waals surface area contributed by atoms with Crippen LogP contribution < -0.4 is 0 Å². The lowest BCUT2D eigenvalue weighted by molar-refractivity contribution is -0.310. The van der Waals surface area contributed by atoms with Crippen LogP contribution in [0.3, 0.4) is 0 Å². The summed E-state index contributed by atoms with van der Waals surface area (Å²) in [7, 11) is 2.89. The van der Waals surface area contributed by atoms with Gasteiger partial charge in [-0.3, -0.25) is 0 Å². The molecule has 18 N–H and O–H groups in total. The smallest absolute Gasteiger partial charge is 0.186 e. The van der Waals surface area contributed by atoms with Crippen LogP contribution >= 0.6 is 0 Å². The van der Waals surface area contributed by atoms with E-state index in [9.17, 15) is 91.9 Å². The van der Waals surface area contributed by atoms with Crippen molar-refractivity contribution in [2.75, 3.05) is 140 Å². The van der Waals surface area contributed by atoms with Gasteiger partial charge < -0.3 is 158 Å². The number of methoxy groups -OCH3 is 2. The highest BCUT2D eigenvalue weighted by atomic mass is 16.7. The lowest BCUT2D eigenvalue weighted by Crippen LogP contribution is -2.60. The molecule has 33 atom stereocenters. The second-order valence-electron chi connectivity index (χ2n) is 25.6. The minimum absolute atomic E-state index is 0.00716. The fourth-order valence-corrected chi connectivity index (χ4v) is 14.2. The lowest BCUT2D eigenvalue weighted by Gasteiger charge is -2.45. The van der Waals surface area contributed by atoms with Gasteiger partial charge in [-0.15, -0.1) is 0 Å². The van der Waals surface area contributed by atoms with E-state index in [1.807, 2.05) is 0 Å². The van der Waals surface area contributed by atoms with E-state index in [0.29, 0.717) is 6.42 Å². The first-order valence-corrected chi connectivity index (χ1v) is 32.0. The van der Waals surface area contributed by atoms with Gasteiger partial charge in [0.25, 0.3) is 0 Å². The van der Waals surface area contributed by atoms with Gasteiger partial charge in [0.05, 0.1) is 217 Å². The molecule has 32 nitrogen and oxygen atoms in total. The van der Waals surface area contributed by atoms with E-state index >= 15 is 0 Å². The van der Waals surface area contributed by atoms with Crippen LogP contribution in [0.5, 0.6) is 0 Å². The van der Waals surface area contributed by atoms with E-state index < -0.39 is 240 Å². The van der Waals surface area contributed by atoms with Crippen LogP contribution in [-0.2, 0) is 66.3 Å². The Morgan fingerprint density at radius 2 is 0.659 bits per heavy atom. The molecular weight excluding hydrogens is 1220 g/mol. The van der Waals surface area contributed by atoms with Gasteiger partial charge in [0.1, 0.15) is 42.7 Å². The first-order valence-electron chi connectivity index (χ1n) is 32.0. The third-order valence-corrected chi connectivity index (χ3v) is 19.8. The molecule has 6 saturated heterocycles. The first-order chi connectivity index (χ1) is 43.7. The van der Waals surface area contributed by atoms with Crippen molar-refractivity contribution in [1.29, 1.82) is 0 Å². The summed E-state index contributed by atoms with van der Waals surface area (Å²) in [4.78, 5) is 0. The molecule has 0 aromatic carbocycles. The number of hydrogen-bond donors (Lipinski definition) is 18. The number of rotatable bonds is 34. The molecule has 7 rings (SSSR count). The maximum absolute atomic E-state index is 11.8. The van der Waals surface area contributed by atoms with Crippen molar-refractivity contribution in [2.45, 2.75) is 179 Å². The van der Waals surface area contributed by atoms with Gasteiger partial charge in [0, 0.05) is 81.0 Å². The average molecular weight is 1330 g/mol. The van der Waals surface area contributed by atoms with Gasteiger partial charge in [0.2, 0.25) is 0 Å². The van der Waals surface area contributed by atoms with Crippen molar-refractivity contribution in [3.63, 3.8) is 0 Å². The summed E-state index contributed by atoms with van der Waals surface area (Å²) < 4.78 is 81.9. The van der Waals surface area contributed by atoms with Crippen molar-refractivity contribution in [2.24, 2.45) is 53.3 Å². The predicted molar refractivity (Wildman–Crippen MR) is 306 cm³/mol. The van der Waals surface area contributed by atoms with Crippen molar-refractivity contribution in [3.05, 3.63) is 0 Å². The molecule has 1 aliphatic carbocycles. The first kappa shape index (κ1) is 77.1. The zero-order valence-corrected chi connectivity index (χ0v) is 52.1. The van der Waals surface area contributed by atoms with Crippen LogP contribution in [0, 0.1) is 53.3 Å². The van der Waals surface area contributed by atoms with Crippen LogP contribution in [-0.4, -0.2) is 378 Å². The highest BCUT2D eigenvalue weighted by molar-refractivity contribution is 4.98. The van der Waals surface area contributed by atoms with Crippen LogP contribution in [0.15, 0.2) is 0 Å². The van der Waals surface area contributed by atoms with E-state index in [-0.39, 0.29) is 105 Å². The topological polar surface area (TPSA) is 493 Å². The van der Waals surface area contributed by atoms with Crippen molar-refractivity contribution < 1.29 is 158 Å². The molecule has 1 saturated carbocycles. The van der Waals surface area contributed by atoms with Crippen molar-refractivity contribution in [3.8, 4) is 0 Å². The molecule has 6 heterocycles. The summed E-state index contributed by atoms with van der Waals surface area (Å²) >= 11 is 0. The highest BCUT2D eigenvalue weighted by Gasteiger charge is 2.52. The number of aliphatic hydroxyl groups is 18. The Labute approximate surface area is 529 Å². The molecule has 32 heteroatoms. The third kappa shape index (κ3) is 19.3. The molecule has 0 radical (unpaired) electrons. The van der Waals surface area contributed by atoms with E-state index in [4.69, 9.17) is 66.3 Å². The lowest BCUT2D eigenvalue weighted by atomic mass is 9.71. The molecule has 7 fully saturated rings. The molecule has 7 aliphatic rings. The van der Waals surface area contributed by atoms with Gasteiger partial charge in [-0.25, -0.2) is 0 Å². The number of aliphatic hydroxyl groups excluding tert-OH is 18. The zero-order valence-electron chi connectivity index (χ0n) is 52.1. The van der Waals surface area contributed by atoms with E-state index in [1.165, 1.54) is 14.2 Å². The Hall–Kier alpha value is -1.28. The van der Waals surface area contributed by atoms with E-state index in [1.54, 1.807) is 6.92 Å². The molecule has 6 aliphatic heterocycles. The summed E-state index contributed by atoms with van der Waals surface area (Å²) in [5.74, 6) is -6.90. The molecular formula is C59H106O32. The second kappa shape index (κ2) is 37.6. The molecule has 0 bridgehead atoms. The van der Waals surface area contributed by atoms with Crippen LogP contribution in [0.1, 0.15) is 32.6 Å².